The van der Waals surface area contributed by atoms with Crippen LogP contribution in [-0.2, 0) is 20.9 Å². The number of aromatic nitrogens is 1. The molecule has 0 spiro atoms. The van der Waals surface area contributed by atoms with Crippen LogP contribution in [0.3, 0.4) is 0 Å². The van der Waals surface area contributed by atoms with Crippen molar-refractivity contribution < 1.29 is 19.1 Å². The molecule has 0 saturated carbocycles. The van der Waals surface area contributed by atoms with Crippen molar-refractivity contribution in [1.29, 1.82) is 0 Å². The van der Waals surface area contributed by atoms with Crippen LogP contribution in [0.15, 0.2) is 93.9 Å². The molecule has 1 atom stereocenters. The van der Waals surface area contributed by atoms with E-state index in [1.54, 1.807) is 57.0 Å². The maximum Gasteiger partial charge on any atom is 0.338 e. The van der Waals surface area contributed by atoms with Crippen LogP contribution >= 0.6 is 22.9 Å². The quantitative estimate of drug-likeness (QED) is 0.292. The van der Waals surface area contributed by atoms with Crippen LogP contribution < -0.4 is 24.5 Å². The first-order valence-corrected chi connectivity index (χ1v) is 14.9. The number of rotatable bonds is 6. The first kappa shape index (κ1) is 28.6. The summed E-state index contributed by atoms with van der Waals surface area (Å²) in [7, 11) is 1.57. The maximum absolute atomic E-state index is 14.4. The summed E-state index contributed by atoms with van der Waals surface area (Å²) in [6, 6.07) is 21.1. The summed E-state index contributed by atoms with van der Waals surface area (Å²) in [5, 5.41) is 0.608. The Hall–Kier alpha value is -4.47. The molecule has 0 unspecified atom stereocenters. The number of amides is 1. The summed E-state index contributed by atoms with van der Waals surface area (Å²) in [5.41, 5.74) is 3.60. The van der Waals surface area contributed by atoms with Gasteiger partial charge in [0.15, 0.2) is 4.80 Å². The Morgan fingerprint density at radius 3 is 2.40 bits per heavy atom. The fourth-order valence-electron chi connectivity index (χ4n) is 5.44. The van der Waals surface area contributed by atoms with Crippen LogP contribution in [0, 0.1) is 0 Å². The zero-order valence-corrected chi connectivity index (χ0v) is 25.5. The number of allylic oxidation sites excluding steroid dienone is 1. The highest BCUT2D eigenvalue weighted by Gasteiger charge is 2.37. The summed E-state index contributed by atoms with van der Waals surface area (Å²) >= 11 is 7.22. The second-order valence-electron chi connectivity index (χ2n) is 10.5. The Kier molecular flexibility index (Phi) is 7.54. The van der Waals surface area contributed by atoms with Crippen molar-refractivity contribution in [2.45, 2.75) is 39.5 Å². The molecule has 3 heterocycles. The molecule has 218 valence electrons. The molecule has 0 fully saturated rings. The molecule has 0 radical (unpaired) electrons. The standard InChI is InChI=1S/C33H28ClN3O5S/c1-18(2)42-32(40)26-19(3)35-33-37(28(26)21-11-15-23(41-4)16-12-21)31(39)29(43-33)27-24-7-5-6-8-25(24)36(30(27)38)17-20-9-13-22(34)14-10-20/h5-16,18,28H,17H2,1-4H3/b29-27+/t28-/m0/s1. The molecule has 4 aromatic rings. The van der Waals surface area contributed by atoms with E-state index < -0.39 is 17.6 Å². The number of halogens is 1. The monoisotopic (exact) mass is 613 g/mol. The predicted octanol–water partition coefficient (Wildman–Crippen LogP) is 4.77. The van der Waals surface area contributed by atoms with E-state index in [0.717, 1.165) is 16.9 Å². The highest BCUT2D eigenvalue weighted by molar-refractivity contribution is 7.07. The Morgan fingerprint density at radius 2 is 1.72 bits per heavy atom. The Morgan fingerprint density at radius 1 is 1.02 bits per heavy atom. The molecule has 0 saturated heterocycles. The molecule has 6 rings (SSSR count). The topological polar surface area (TPSA) is 90.2 Å². The van der Waals surface area contributed by atoms with Crippen LogP contribution in [0.4, 0.5) is 5.69 Å². The molecule has 43 heavy (non-hydrogen) atoms. The molecule has 8 nitrogen and oxygen atoms in total. The van der Waals surface area contributed by atoms with Crippen molar-refractivity contribution >= 4 is 46.1 Å². The van der Waals surface area contributed by atoms with Crippen LogP contribution in [0.5, 0.6) is 5.75 Å². The van der Waals surface area contributed by atoms with Gasteiger partial charge in [-0.05, 0) is 62.2 Å². The average Bonchev–Trinajstić information content (AvgIpc) is 3.45. The first-order valence-electron chi connectivity index (χ1n) is 13.7. The lowest BCUT2D eigenvalue weighted by Crippen LogP contribution is -2.41. The number of esters is 1. The number of nitrogens with zero attached hydrogens (tertiary/aromatic N) is 3. The summed E-state index contributed by atoms with van der Waals surface area (Å²) in [5.74, 6) is -0.191. The molecule has 0 aliphatic carbocycles. The first-order chi connectivity index (χ1) is 20.7. The van der Waals surface area contributed by atoms with E-state index in [0.29, 0.717) is 50.2 Å². The van der Waals surface area contributed by atoms with Crippen molar-refractivity contribution in [3.8, 4) is 5.75 Å². The van der Waals surface area contributed by atoms with Gasteiger partial charge in [0.1, 0.15) is 10.3 Å². The van der Waals surface area contributed by atoms with E-state index in [-0.39, 0.29) is 22.1 Å². The Bertz CT molecular complexity index is 1970. The van der Waals surface area contributed by atoms with Crippen molar-refractivity contribution in [2.75, 3.05) is 12.0 Å². The number of hydrogen-bond donors (Lipinski definition) is 0. The van der Waals surface area contributed by atoms with E-state index in [1.165, 1.54) is 4.57 Å². The third kappa shape index (κ3) is 5.08. The van der Waals surface area contributed by atoms with Crippen LogP contribution in [0.25, 0.3) is 5.57 Å². The normalized spacial score (nSPS) is 17.1. The number of fused-ring (bicyclic) bond motifs is 2. The number of anilines is 1. The number of carbonyl (C=O) groups excluding carboxylic acids is 2. The molecule has 2 aliphatic heterocycles. The van der Waals surface area contributed by atoms with Gasteiger partial charge >= 0.3 is 5.97 Å². The van der Waals surface area contributed by atoms with E-state index in [1.807, 2.05) is 48.5 Å². The second kappa shape index (κ2) is 11.3. The number of hydrogen-bond acceptors (Lipinski definition) is 7. The Labute approximate surface area is 256 Å². The average molecular weight is 614 g/mol. The van der Waals surface area contributed by atoms with Crippen molar-refractivity contribution in [1.82, 2.24) is 4.57 Å². The third-order valence-corrected chi connectivity index (χ3v) is 8.70. The van der Waals surface area contributed by atoms with Gasteiger partial charge < -0.3 is 14.4 Å². The number of thiazole rings is 1. The van der Waals surface area contributed by atoms with Crippen LogP contribution in [0.2, 0.25) is 5.02 Å². The lowest BCUT2D eigenvalue weighted by molar-refractivity contribution is -0.143. The van der Waals surface area contributed by atoms with Gasteiger partial charge in [-0.3, -0.25) is 14.2 Å². The number of para-hydroxylation sites is 1. The molecule has 10 heteroatoms. The van der Waals surface area contributed by atoms with E-state index >= 15 is 0 Å². The fourth-order valence-corrected chi connectivity index (χ4v) is 6.70. The minimum atomic E-state index is -0.806. The van der Waals surface area contributed by atoms with Gasteiger partial charge in [-0.2, -0.15) is 0 Å². The van der Waals surface area contributed by atoms with Gasteiger partial charge in [0.25, 0.3) is 11.5 Å². The molecular weight excluding hydrogens is 586 g/mol. The number of methoxy groups -OCH3 is 1. The predicted molar refractivity (Wildman–Crippen MR) is 166 cm³/mol. The van der Waals surface area contributed by atoms with E-state index in [9.17, 15) is 14.4 Å². The van der Waals surface area contributed by atoms with Gasteiger partial charge in [0, 0.05) is 10.6 Å². The minimum Gasteiger partial charge on any atom is -0.497 e. The summed E-state index contributed by atoms with van der Waals surface area (Å²) < 4.78 is 12.7. The van der Waals surface area contributed by atoms with Gasteiger partial charge in [0.05, 0.1) is 48.3 Å². The van der Waals surface area contributed by atoms with Crippen molar-refractivity contribution in [3.63, 3.8) is 0 Å². The highest BCUT2D eigenvalue weighted by Crippen LogP contribution is 2.37. The smallest absolute Gasteiger partial charge is 0.338 e. The maximum atomic E-state index is 14.4. The highest BCUT2D eigenvalue weighted by atomic mass is 35.5. The van der Waals surface area contributed by atoms with E-state index in [2.05, 4.69) is 4.99 Å². The Balaban J connectivity index is 1.55. The largest absolute Gasteiger partial charge is 0.497 e. The summed E-state index contributed by atoms with van der Waals surface area (Å²) in [4.78, 5) is 48.6. The molecule has 0 N–H and O–H groups in total. The van der Waals surface area contributed by atoms with Crippen LogP contribution in [0.1, 0.15) is 43.5 Å². The van der Waals surface area contributed by atoms with Crippen molar-refractivity contribution in [2.24, 2.45) is 4.99 Å². The van der Waals surface area contributed by atoms with Crippen LogP contribution in [-0.4, -0.2) is 29.7 Å². The van der Waals surface area contributed by atoms with E-state index in [4.69, 9.17) is 21.1 Å². The lowest BCUT2D eigenvalue weighted by Gasteiger charge is -2.25. The zero-order valence-electron chi connectivity index (χ0n) is 24.0. The SMILES string of the molecule is COc1ccc([C@H]2C(C(=O)OC(C)C)=C(C)N=c3s/c(=C4/C(=O)N(Cc5ccc(Cl)cc5)c5ccccc54)c(=O)n32)cc1. The molecule has 1 aromatic heterocycles. The molecular formula is C33H28ClN3O5S. The fraction of sp³-hybridized carbons (Fsp3) is 0.212. The van der Waals surface area contributed by atoms with Gasteiger partial charge in [0.2, 0.25) is 0 Å². The van der Waals surface area contributed by atoms with Gasteiger partial charge in [-0.15, -0.1) is 0 Å². The number of carbonyl (C=O) groups is 2. The van der Waals surface area contributed by atoms with Gasteiger partial charge in [-0.1, -0.05) is 65.4 Å². The minimum absolute atomic E-state index is 0.264. The second-order valence-corrected chi connectivity index (χ2v) is 12.0. The number of ether oxygens (including phenoxy) is 2. The van der Waals surface area contributed by atoms with Crippen molar-refractivity contribution in [3.05, 3.63) is 125 Å². The van der Waals surface area contributed by atoms with Gasteiger partial charge in [-0.25, -0.2) is 9.79 Å². The molecule has 1 amide bonds. The number of benzene rings is 3. The zero-order chi connectivity index (χ0) is 30.4. The molecule has 0 bridgehead atoms. The summed E-state index contributed by atoms with van der Waals surface area (Å²) in [6.07, 6.45) is -0.365. The third-order valence-electron chi connectivity index (χ3n) is 7.40. The lowest BCUT2D eigenvalue weighted by atomic mass is 9.95. The molecule has 3 aromatic carbocycles. The molecule has 2 aliphatic rings. The summed E-state index contributed by atoms with van der Waals surface area (Å²) in [6.45, 7) is 5.59.